The number of fused-ring (bicyclic) bond motifs is 1. The van der Waals surface area contributed by atoms with Crippen molar-refractivity contribution in [3.05, 3.63) is 66.1 Å². The van der Waals surface area contributed by atoms with Crippen LogP contribution in [0.4, 0.5) is 5.82 Å². The number of likely N-dealkylation sites (tertiary alicyclic amines) is 1. The fourth-order valence-electron chi connectivity index (χ4n) is 4.70. The van der Waals surface area contributed by atoms with Gasteiger partial charge in [-0.3, -0.25) is 14.6 Å². The van der Waals surface area contributed by atoms with Crippen molar-refractivity contribution in [2.45, 2.75) is 24.8 Å². The maximum atomic E-state index is 12.3. The van der Waals surface area contributed by atoms with Crippen LogP contribution in [-0.4, -0.2) is 67.5 Å². The van der Waals surface area contributed by atoms with E-state index in [1.165, 1.54) is 4.52 Å². The van der Waals surface area contributed by atoms with E-state index >= 15 is 0 Å². The number of nitrogen functional groups attached to an aromatic ring is 1. The van der Waals surface area contributed by atoms with Gasteiger partial charge in [-0.25, -0.2) is 4.98 Å². The number of benzene rings is 1. The van der Waals surface area contributed by atoms with Gasteiger partial charge in [0.2, 0.25) is 5.91 Å². The molecule has 10 heteroatoms. The van der Waals surface area contributed by atoms with Gasteiger partial charge in [-0.15, -0.1) is 0 Å². The monoisotopic (exact) mass is 485 g/mol. The molecular formula is C26H27N7O3. The number of anilines is 1. The summed E-state index contributed by atoms with van der Waals surface area (Å²) < 4.78 is 1.48. The van der Waals surface area contributed by atoms with Gasteiger partial charge in [0.25, 0.3) is 0 Å². The quantitative estimate of drug-likeness (QED) is 0.350. The summed E-state index contributed by atoms with van der Waals surface area (Å²) in [6, 6.07) is 12.9. The van der Waals surface area contributed by atoms with Gasteiger partial charge in [0.15, 0.2) is 11.9 Å². The summed E-state index contributed by atoms with van der Waals surface area (Å²) in [5, 5.41) is 13.6. The van der Waals surface area contributed by atoms with Crippen LogP contribution in [0.1, 0.15) is 34.8 Å². The number of carbonyl (C=O) groups is 2. The molecule has 4 heterocycles. The van der Waals surface area contributed by atoms with Gasteiger partial charge >= 0.3 is 0 Å². The molecule has 0 aliphatic carbocycles. The Hall–Kier alpha value is -4.15. The van der Waals surface area contributed by atoms with E-state index in [0.717, 1.165) is 22.4 Å². The van der Waals surface area contributed by atoms with E-state index < -0.39 is 12.6 Å². The number of carbonyl (C=O) groups excluding carboxylic acids is 2. The maximum absolute atomic E-state index is 12.3. The highest BCUT2D eigenvalue weighted by atomic mass is 16.3. The van der Waals surface area contributed by atoms with Crippen LogP contribution in [-0.2, 0) is 4.79 Å². The average molecular weight is 486 g/mol. The van der Waals surface area contributed by atoms with E-state index in [1.807, 2.05) is 42.5 Å². The van der Waals surface area contributed by atoms with Crippen LogP contribution in [0.5, 0.6) is 0 Å². The largest absolute Gasteiger partial charge is 0.394 e. The van der Waals surface area contributed by atoms with Crippen molar-refractivity contribution < 1.29 is 14.7 Å². The molecule has 5 rings (SSSR count). The van der Waals surface area contributed by atoms with Gasteiger partial charge in [0.1, 0.15) is 11.9 Å². The van der Waals surface area contributed by atoms with Crippen LogP contribution in [0.3, 0.4) is 0 Å². The number of pyridine rings is 1. The SMILES string of the molecule is Nc1c(C=O)c(C2CCN(C(=O)[C@@H](N)CO)CC2)nc2c(-c3ccc(-c4ccccc4)nc3)cnn12. The topological polar surface area (TPSA) is 153 Å². The molecule has 1 aliphatic rings. The molecule has 1 aliphatic heterocycles. The number of aldehydes is 1. The summed E-state index contributed by atoms with van der Waals surface area (Å²) in [6.07, 6.45) is 5.37. The Kier molecular flexibility index (Phi) is 6.45. The maximum Gasteiger partial charge on any atom is 0.241 e. The number of nitrogens with zero attached hydrogens (tertiary/aromatic N) is 5. The Balaban J connectivity index is 1.47. The predicted molar refractivity (Wildman–Crippen MR) is 135 cm³/mol. The highest BCUT2D eigenvalue weighted by molar-refractivity contribution is 5.87. The Morgan fingerprint density at radius 1 is 1.11 bits per heavy atom. The molecule has 0 saturated carbocycles. The second kappa shape index (κ2) is 9.84. The van der Waals surface area contributed by atoms with Gasteiger partial charge in [-0.1, -0.05) is 36.4 Å². The number of aliphatic hydroxyl groups is 1. The first-order valence-electron chi connectivity index (χ1n) is 11.8. The Bertz CT molecular complexity index is 1390. The zero-order valence-corrected chi connectivity index (χ0v) is 19.6. The number of amides is 1. The number of piperidine rings is 1. The van der Waals surface area contributed by atoms with E-state index in [-0.39, 0.29) is 17.6 Å². The number of nitrogens with two attached hydrogens (primary N) is 2. The van der Waals surface area contributed by atoms with Crippen LogP contribution in [0, 0.1) is 0 Å². The molecule has 0 spiro atoms. The minimum atomic E-state index is -0.923. The predicted octanol–water partition coefficient (Wildman–Crippen LogP) is 1.88. The van der Waals surface area contributed by atoms with E-state index in [0.29, 0.717) is 49.1 Å². The van der Waals surface area contributed by atoms with Crippen LogP contribution in [0.15, 0.2) is 54.9 Å². The van der Waals surface area contributed by atoms with Crippen LogP contribution < -0.4 is 11.5 Å². The normalized spacial score (nSPS) is 15.2. The molecule has 3 aromatic heterocycles. The Morgan fingerprint density at radius 2 is 1.86 bits per heavy atom. The van der Waals surface area contributed by atoms with E-state index in [4.69, 9.17) is 16.5 Å². The molecule has 4 aromatic rings. The highest BCUT2D eigenvalue weighted by Crippen LogP contribution is 2.34. The van der Waals surface area contributed by atoms with Crippen molar-refractivity contribution in [2.75, 3.05) is 25.4 Å². The van der Waals surface area contributed by atoms with Gasteiger partial charge < -0.3 is 21.5 Å². The van der Waals surface area contributed by atoms with E-state index in [1.54, 1.807) is 17.3 Å². The first-order chi connectivity index (χ1) is 17.5. The number of aliphatic hydroxyl groups excluding tert-OH is 1. The van der Waals surface area contributed by atoms with Crippen LogP contribution in [0.2, 0.25) is 0 Å². The summed E-state index contributed by atoms with van der Waals surface area (Å²) in [5.41, 5.74) is 17.0. The third kappa shape index (κ3) is 4.21. The Labute approximate surface area is 207 Å². The number of hydrogen-bond acceptors (Lipinski definition) is 8. The second-order valence-electron chi connectivity index (χ2n) is 8.89. The molecular weight excluding hydrogens is 458 g/mol. The summed E-state index contributed by atoms with van der Waals surface area (Å²) >= 11 is 0. The minimum Gasteiger partial charge on any atom is -0.394 e. The number of aromatic nitrogens is 4. The van der Waals surface area contributed by atoms with Gasteiger partial charge in [-0.05, 0) is 18.9 Å². The molecule has 1 amide bonds. The van der Waals surface area contributed by atoms with Crippen molar-refractivity contribution in [3.63, 3.8) is 0 Å². The van der Waals surface area contributed by atoms with Gasteiger partial charge in [-0.2, -0.15) is 9.61 Å². The molecule has 36 heavy (non-hydrogen) atoms. The van der Waals surface area contributed by atoms with Gasteiger partial charge in [0.05, 0.1) is 29.8 Å². The first kappa shape index (κ1) is 23.6. The lowest BCUT2D eigenvalue weighted by Gasteiger charge is -2.33. The van der Waals surface area contributed by atoms with E-state index in [2.05, 4.69) is 10.1 Å². The van der Waals surface area contributed by atoms with Gasteiger partial charge in [0, 0.05) is 41.9 Å². The van der Waals surface area contributed by atoms with Crippen LogP contribution in [0.25, 0.3) is 28.0 Å². The zero-order chi connectivity index (χ0) is 25.2. The van der Waals surface area contributed by atoms with Crippen LogP contribution >= 0.6 is 0 Å². The summed E-state index contributed by atoms with van der Waals surface area (Å²) in [6.45, 7) is 0.520. The third-order valence-corrected chi connectivity index (χ3v) is 6.72. The highest BCUT2D eigenvalue weighted by Gasteiger charge is 2.30. The Morgan fingerprint density at radius 3 is 2.50 bits per heavy atom. The van der Waals surface area contributed by atoms with Crippen molar-refractivity contribution in [2.24, 2.45) is 5.73 Å². The van der Waals surface area contributed by atoms with Crippen molar-refractivity contribution >= 4 is 23.7 Å². The van der Waals surface area contributed by atoms with Crippen molar-refractivity contribution in [3.8, 4) is 22.4 Å². The molecule has 5 N–H and O–H groups in total. The molecule has 10 nitrogen and oxygen atoms in total. The average Bonchev–Trinajstić information content (AvgIpc) is 3.37. The number of hydrogen-bond donors (Lipinski definition) is 3. The van der Waals surface area contributed by atoms with E-state index in [9.17, 15) is 14.7 Å². The molecule has 1 saturated heterocycles. The number of rotatable bonds is 6. The molecule has 0 radical (unpaired) electrons. The molecule has 1 aromatic carbocycles. The first-order valence-corrected chi connectivity index (χ1v) is 11.8. The summed E-state index contributed by atoms with van der Waals surface area (Å²) in [4.78, 5) is 35.5. The molecule has 1 fully saturated rings. The molecule has 184 valence electrons. The molecule has 0 bridgehead atoms. The standard InChI is InChI=1S/C26H27N7O3/c27-21(15-35)26(36)32-10-8-17(9-11-32)23-20(14-34)24(28)33-25(31-23)19(13-30-33)18-6-7-22(29-12-18)16-4-2-1-3-5-16/h1-7,12-14,17,21,35H,8-11,15,27-28H2/t21-/m0/s1. The fraction of sp³-hybridized carbons (Fsp3) is 0.269. The van der Waals surface area contributed by atoms with Crippen molar-refractivity contribution in [1.82, 2.24) is 24.5 Å². The second-order valence-corrected chi connectivity index (χ2v) is 8.89. The third-order valence-electron chi connectivity index (χ3n) is 6.72. The van der Waals surface area contributed by atoms with Crippen molar-refractivity contribution in [1.29, 1.82) is 0 Å². The minimum absolute atomic E-state index is 0.0618. The summed E-state index contributed by atoms with van der Waals surface area (Å²) in [5.74, 6) is -0.113. The lowest BCUT2D eigenvalue weighted by molar-refractivity contribution is -0.134. The summed E-state index contributed by atoms with van der Waals surface area (Å²) in [7, 11) is 0. The molecule has 0 unspecified atom stereocenters. The fourth-order valence-corrected chi connectivity index (χ4v) is 4.70. The smallest absolute Gasteiger partial charge is 0.241 e. The zero-order valence-electron chi connectivity index (χ0n) is 19.6. The molecule has 1 atom stereocenters. The lowest BCUT2D eigenvalue weighted by atomic mass is 9.90. The lowest BCUT2D eigenvalue weighted by Crippen LogP contribution is -2.48.